The molecule has 3 aliphatic rings. The zero-order valence-corrected chi connectivity index (χ0v) is 17.8. The highest BCUT2D eigenvalue weighted by Gasteiger charge is 2.45. The van der Waals surface area contributed by atoms with Crippen LogP contribution in [0.3, 0.4) is 0 Å². The molecule has 2 N–H and O–H groups in total. The maximum absolute atomic E-state index is 11.2. The number of carboxylic acids is 1. The Bertz CT molecular complexity index is 553. The van der Waals surface area contributed by atoms with Gasteiger partial charge >= 0.3 is 5.97 Å². The van der Waals surface area contributed by atoms with Crippen LogP contribution < -0.4 is 5.32 Å². The molecular weight excluding hydrogens is 350 g/mol. The molecule has 0 bridgehead atoms. The summed E-state index contributed by atoms with van der Waals surface area (Å²) in [5, 5.41) is 22.3. The van der Waals surface area contributed by atoms with Crippen molar-refractivity contribution in [2.45, 2.75) is 89.8 Å². The highest BCUT2D eigenvalue weighted by Crippen LogP contribution is 2.47. The molecule has 2 aliphatic carbocycles. The van der Waals surface area contributed by atoms with Gasteiger partial charge < -0.3 is 5.11 Å². The van der Waals surface area contributed by atoms with Crippen LogP contribution in [0.5, 0.6) is 0 Å². The first kappa shape index (κ1) is 21.6. The van der Waals surface area contributed by atoms with E-state index < -0.39 is 5.97 Å². The normalized spacial score (nSPS) is 38.6. The molecule has 0 aromatic heterocycles. The summed E-state index contributed by atoms with van der Waals surface area (Å²) in [7, 11) is 1.95. The molecule has 2 saturated carbocycles. The standard InChI is InChI=1S/C23H39N3O2/c1-3-4-5-16-8-11-21-20(12-16)19(18-9-6-17(14-24)7-10-18)13-22(25-21)26(2)15-23(27)28/h16-22,25H,3-13,15H2,1-2H3,(H,27,28). The van der Waals surface area contributed by atoms with Gasteiger partial charge in [0.2, 0.25) is 0 Å². The summed E-state index contributed by atoms with van der Waals surface area (Å²) in [6.07, 6.45) is 13.6. The summed E-state index contributed by atoms with van der Waals surface area (Å²) in [6.45, 7) is 2.38. The van der Waals surface area contributed by atoms with Crippen LogP contribution in [0.25, 0.3) is 0 Å². The van der Waals surface area contributed by atoms with E-state index in [1.165, 1.54) is 51.4 Å². The number of fused-ring (bicyclic) bond motifs is 1. The van der Waals surface area contributed by atoms with Crippen molar-refractivity contribution in [1.82, 2.24) is 10.2 Å². The van der Waals surface area contributed by atoms with Gasteiger partial charge in [-0.25, -0.2) is 0 Å². The number of carbonyl (C=O) groups is 1. The number of likely N-dealkylation sites (N-methyl/N-ethyl adjacent to an activating group) is 1. The molecule has 1 saturated heterocycles. The molecule has 158 valence electrons. The Morgan fingerprint density at radius 1 is 1.14 bits per heavy atom. The fourth-order valence-corrected chi connectivity index (χ4v) is 6.33. The number of nitrogens with zero attached hydrogens (tertiary/aromatic N) is 2. The molecule has 5 heteroatoms. The summed E-state index contributed by atoms with van der Waals surface area (Å²) in [6, 6.07) is 3.01. The lowest BCUT2D eigenvalue weighted by atomic mass is 9.61. The number of unbranched alkanes of at least 4 members (excludes halogenated alkanes) is 1. The largest absolute Gasteiger partial charge is 0.480 e. The van der Waals surface area contributed by atoms with Crippen molar-refractivity contribution in [3.8, 4) is 6.07 Å². The van der Waals surface area contributed by atoms with E-state index in [-0.39, 0.29) is 18.6 Å². The number of hydrogen-bond acceptors (Lipinski definition) is 4. The zero-order valence-electron chi connectivity index (χ0n) is 17.8. The van der Waals surface area contributed by atoms with Gasteiger partial charge in [0.1, 0.15) is 0 Å². The second-order valence-electron chi connectivity index (χ2n) is 9.72. The molecule has 28 heavy (non-hydrogen) atoms. The molecule has 0 aromatic rings. The number of nitrogens with one attached hydrogen (secondary N) is 1. The Labute approximate surface area is 170 Å². The first-order chi connectivity index (χ1) is 13.5. The molecule has 0 amide bonds. The molecule has 3 fully saturated rings. The van der Waals surface area contributed by atoms with Gasteiger partial charge in [-0.3, -0.25) is 15.0 Å². The van der Waals surface area contributed by atoms with Crippen molar-refractivity contribution >= 4 is 5.97 Å². The molecular formula is C23H39N3O2. The Kier molecular flexibility index (Phi) is 7.77. The fraction of sp³-hybridized carbons (Fsp3) is 0.913. The minimum atomic E-state index is -0.749. The van der Waals surface area contributed by atoms with Crippen LogP contribution in [-0.2, 0) is 4.79 Å². The molecule has 0 spiro atoms. The Balaban J connectivity index is 1.71. The number of carboxylic acid groups (broad SMARTS) is 1. The number of piperidine rings is 1. The maximum atomic E-state index is 11.2. The summed E-state index contributed by atoms with van der Waals surface area (Å²) in [4.78, 5) is 13.2. The Hall–Kier alpha value is -1.12. The molecule has 0 aromatic carbocycles. The van der Waals surface area contributed by atoms with E-state index in [9.17, 15) is 15.2 Å². The van der Waals surface area contributed by atoms with Gasteiger partial charge in [-0.1, -0.05) is 26.2 Å². The van der Waals surface area contributed by atoms with Crippen LogP contribution >= 0.6 is 0 Å². The molecule has 1 heterocycles. The van der Waals surface area contributed by atoms with Crippen LogP contribution in [0, 0.1) is 40.9 Å². The van der Waals surface area contributed by atoms with E-state index in [1.54, 1.807) is 0 Å². The van der Waals surface area contributed by atoms with Crippen LogP contribution in [0.2, 0.25) is 0 Å². The fourth-order valence-electron chi connectivity index (χ4n) is 6.33. The van der Waals surface area contributed by atoms with Crippen molar-refractivity contribution < 1.29 is 9.90 Å². The number of nitriles is 1. The second-order valence-corrected chi connectivity index (χ2v) is 9.72. The minimum Gasteiger partial charge on any atom is -0.480 e. The van der Waals surface area contributed by atoms with Crippen molar-refractivity contribution in [1.29, 1.82) is 5.26 Å². The average molecular weight is 390 g/mol. The van der Waals surface area contributed by atoms with Gasteiger partial charge in [-0.05, 0) is 82.1 Å². The number of hydrogen-bond donors (Lipinski definition) is 2. The van der Waals surface area contributed by atoms with E-state index in [4.69, 9.17) is 0 Å². The lowest BCUT2D eigenvalue weighted by Crippen LogP contribution is -2.60. The third kappa shape index (κ3) is 5.27. The Morgan fingerprint density at radius 2 is 1.89 bits per heavy atom. The second kappa shape index (κ2) is 10.1. The predicted octanol–water partition coefficient (Wildman–Crippen LogP) is 4.24. The average Bonchev–Trinajstić information content (AvgIpc) is 2.71. The zero-order chi connectivity index (χ0) is 20.1. The predicted molar refractivity (Wildman–Crippen MR) is 111 cm³/mol. The van der Waals surface area contributed by atoms with Crippen molar-refractivity contribution in [2.24, 2.45) is 29.6 Å². The van der Waals surface area contributed by atoms with Crippen molar-refractivity contribution in [3.63, 3.8) is 0 Å². The number of rotatable bonds is 7. The van der Waals surface area contributed by atoms with Gasteiger partial charge in [0.25, 0.3) is 0 Å². The molecule has 3 rings (SSSR count). The monoisotopic (exact) mass is 389 g/mol. The van der Waals surface area contributed by atoms with E-state index in [0.717, 1.165) is 31.1 Å². The Morgan fingerprint density at radius 3 is 2.54 bits per heavy atom. The topological polar surface area (TPSA) is 76.4 Å². The van der Waals surface area contributed by atoms with Gasteiger partial charge in [0.05, 0.1) is 18.8 Å². The van der Waals surface area contributed by atoms with Crippen molar-refractivity contribution in [3.05, 3.63) is 0 Å². The van der Waals surface area contributed by atoms with Crippen LogP contribution in [-0.4, -0.2) is 41.8 Å². The summed E-state index contributed by atoms with van der Waals surface area (Å²) >= 11 is 0. The highest BCUT2D eigenvalue weighted by atomic mass is 16.4. The van der Waals surface area contributed by atoms with Crippen LogP contribution in [0.15, 0.2) is 0 Å². The van der Waals surface area contributed by atoms with E-state index in [2.05, 4.69) is 18.3 Å². The first-order valence-corrected chi connectivity index (χ1v) is 11.6. The third-order valence-electron chi connectivity index (χ3n) is 7.90. The summed E-state index contributed by atoms with van der Waals surface area (Å²) < 4.78 is 0. The smallest absolute Gasteiger partial charge is 0.317 e. The summed E-state index contributed by atoms with van der Waals surface area (Å²) in [5.74, 6) is 2.49. The van der Waals surface area contributed by atoms with Gasteiger partial charge in [0.15, 0.2) is 0 Å². The third-order valence-corrected chi connectivity index (χ3v) is 7.90. The maximum Gasteiger partial charge on any atom is 0.317 e. The molecule has 5 unspecified atom stereocenters. The lowest BCUT2D eigenvalue weighted by molar-refractivity contribution is -0.139. The quantitative estimate of drug-likeness (QED) is 0.681. The highest BCUT2D eigenvalue weighted by molar-refractivity contribution is 5.69. The molecule has 1 aliphatic heterocycles. The molecule has 5 atom stereocenters. The molecule has 0 radical (unpaired) electrons. The molecule has 5 nitrogen and oxygen atoms in total. The minimum absolute atomic E-state index is 0.0993. The van der Waals surface area contributed by atoms with Gasteiger partial charge in [-0.2, -0.15) is 5.26 Å². The summed E-state index contributed by atoms with van der Waals surface area (Å²) in [5.41, 5.74) is 0. The van der Waals surface area contributed by atoms with Gasteiger partial charge in [0, 0.05) is 12.0 Å². The SMILES string of the molecule is CCCCC1CCC2NC(N(C)CC(=O)O)CC(C3CCC(C#N)CC3)C2C1. The first-order valence-electron chi connectivity index (χ1n) is 11.6. The van der Waals surface area contributed by atoms with Gasteiger partial charge in [-0.15, -0.1) is 0 Å². The van der Waals surface area contributed by atoms with Crippen LogP contribution in [0.1, 0.15) is 77.6 Å². The van der Waals surface area contributed by atoms with Crippen molar-refractivity contribution in [2.75, 3.05) is 13.6 Å². The van der Waals surface area contributed by atoms with E-state index >= 15 is 0 Å². The lowest BCUT2D eigenvalue weighted by Gasteiger charge is -2.52. The van der Waals surface area contributed by atoms with Crippen LogP contribution in [0.4, 0.5) is 0 Å². The number of aliphatic carboxylic acids is 1. The van der Waals surface area contributed by atoms with E-state index in [0.29, 0.717) is 17.9 Å². The van der Waals surface area contributed by atoms with E-state index in [1.807, 2.05) is 11.9 Å².